The van der Waals surface area contributed by atoms with Gasteiger partial charge in [-0.25, -0.2) is 4.99 Å². The second kappa shape index (κ2) is 7.72. The lowest BCUT2D eigenvalue weighted by Crippen LogP contribution is -2.59. The second-order valence-electron chi connectivity index (χ2n) is 8.05. The Labute approximate surface area is 203 Å². The van der Waals surface area contributed by atoms with Crippen LogP contribution in [0.2, 0.25) is 11.1 Å². The van der Waals surface area contributed by atoms with E-state index < -0.39 is 8.07 Å². The number of halogens is 2. The highest BCUT2D eigenvalue weighted by Crippen LogP contribution is 2.49. The molecular weight excluding hydrogens is 624 g/mol. The van der Waals surface area contributed by atoms with Crippen molar-refractivity contribution in [3.05, 3.63) is 48.1 Å². The summed E-state index contributed by atoms with van der Waals surface area (Å²) in [7, 11) is -2.44. The zero-order chi connectivity index (χ0) is 21.1. The normalized spacial score (nSPS) is 17.3. The first-order valence-electron chi connectivity index (χ1n) is 9.52. The molecule has 2 aliphatic rings. The molecule has 0 amide bonds. The molecule has 4 rings (SSSR count). The maximum atomic E-state index is 12.4. The monoisotopic (exact) mass is 645 g/mol. The fourth-order valence-corrected chi connectivity index (χ4v) is 14.7. The van der Waals surface area contributed by atoms with Crippen molar-refractivity contribution in [2.75, 3.05) is 0 Å². The number of phenols is 1. The standard InChI is InChI=1S/C22H21I2NO2SSi/c1-11(2)29(12(3)4)18-9-13(26)5-6-15(18)25-16-7-8-17(27)20(22(16)29)21-14(23)10-19(24)28-21/h5-12,27H,1-4H3. The number of rotatable bonds is 3. The summed E-state index contributed by atoms with van der Waals surface area (Å²) >= 11 is 6.40. The Bertz CT molecular complexity index is 1120. The number of fused-ring (bicyclic) bond motifs is 2. The zero-order valence-electron chi connectivity index (χ0n) is 16.6. The average Bonchev–Trinajstić information content (AvgIpc) is 2.97. The molecule has 0 atom stereocenters. The van der Waals surface area contributed by atoms with E-state index in [4.69, 9.17) is 4.99 Å². The molecule has 0 saturated heterocycles. The Balaban J connectivity index is 2.19. The van der Waals surface area contributed by atoms with Crippen LogP contribution in [0.25, 0.3) is 10.4 Å². The number of allylic oxidation sites excluding steroid dienone is 4. The minimum Gasteiger partial charge on any atom is -0.507 e. The van der Waals surface area contributed by atoms with E-state index in [2.05, 4.69) is 78.9 Å². The summed E-state index contributed by atoms with van der Waals surface area (Å²) < 4.78 is 2.33. The molecule has 2 aromatic rings. The van der Waals surface area contributed by atoms with Gasteiger partial charge in [-0.3, -0.25) is 4.79 Å². The summed E-state index contributed by atoms with van der Waals surface area (Å²) in [4.78, 5) is 18.5. The van der Waals surface area contributed by atoms with Crippen LogP contribution in [0, 0.1) is 6.45 Å². The number of nitrogens with zero attached hydrogens (tertiary/aromatic N) is 1. The Kier molecular flexibility index (Phi) is 5.71. The third kappa shape index (κ3) is 3.23. The van der Waals surface area contributed by atoms with Gasteiger partial charge in [0.05, 0.1) is 19.2 Å². The summed E-state index contributed by atoms with van der Waals surface area (Å²) in [6.07, 6.45) is 5.29. The quantitative estimate of drug-likeness (QED) is 0.236. The molecule has 1 N–H and O–H groups in total. The SMILES string of the molecule is CC(C)[Si]1(C(C)C)C2=CC(=O)C=CC2=Nc2ccc(O)c(-c3sc(I)cc3I)c21. The van der Waals surface area contributed by atoms with Crippen molar-refractivity contribution in [2.24, 2.45) is 4.99 Å². The van der Waals surface area contributed by atoms with Crippen molar-refractivity contribution in [1.82, 2.24) is 0 Å². The molecule has 0 unspecified atom stereocenters. The summed E-state index contributed by atoms with van der Waals surface area (Å²) in [5, 5.41) is 13.4. The van der Waals surface area contributed by atoms with E-state index in [0.29, 0.717) is 16.8 Å². The lowest BCUT2D eigenvalue weighted by molar-refractivity contribution is -0.110. The second-order valence-corrected chi connectivity index (χ2v) is 17.2. The van der Waals surface area contributed by atoms with Crippen molar-refractivity contribution in [3.8, 4) is 16.2 Å². The van der Waals surface area contributed by atoms with Gasteiger partial charge in [0.1, 0.15) is 13.8 Å². The van der Waals surface area contributed by atoms with E-state index in [1.807, 2.05) is 18.2 Å². The fraction of sp³-hybridized carbons (Fsp3) is 0.273. The molecule has 3 nitrogen and oxygen atoms in total. The van der Waals surface area contributed by atoms with Gasteiger partial charge in [0.15, 0.2) is 5.78 Å². The Morgan fingerprint density at radius 3 is 2.38 bits per heavy atom. The third-order valence-electron chi connectivity index (χ3n) is 5.93. The zero-order valence-corrected chi connectivity index (χ0v) is 22.7. The van der Waals surface area contributed by atoms with Crippen molar-refractivity contribution in [2.45, 2.75) is 38.8 Å². The van der Waals surface area contributed by atoms with Crippen molar-refractivity contribution >= 4 is 87.0 Å². The van der Waals surface area contributed by atoms with E-state index in [1.54, 1.807) is 23.5 Å². The first kappa shape index (κ1) is 21.4. The molecule has 7 heteroatoms. The van der Waals surface area contributed by atoms with Gasteiger partial charge in [0, 0.05) is 9.13 Å². The van der Waals surface area contributed by atoms with Gasteiger partial charge >= 0.3 is 0 Å². The summed E-state index contributed by atoms with van der Waals surface area (Å²) in [6.45, 7) is 9.05. The highest BCUT2D eigenvalue weighted by Gasteiger charge is 2.52. The molecule has 0 spiro atoms. The van der Waals surface area contributed by atoms with E-state index in [1.165, 1.54) is 8.07 Å². The Morgan fingerprint density at radius 2 is 1.79 bits per heavy atom. The van der Waals surface area contributed by atoms with Crippen LogP contribution in [0.3, 0.4) is 0 Å². The minimum absolute atomic E-state index is 0.0301. The van der Waals surface area contributed by atoms with Crippen LogP contribution < -0.4 is 5.19 Å². The smallest absolute Gasteiger partial charge is 0.178 e. The predicted octanol–water partition coefficient (Wildman–Crippen LogP) is 6.50. The molecule has 1 aliphatic heterocycles. The molecule has 0 saturated carbocycles. The van der Waals surface area contributed by atoms with Gasteiger partial charge in [-0.15, -0.1) is 11.3 Å². The van der Waals surface area contributed by atoms with Gasteiger partial charge in [-0.1, -0.05) is 27.7 Å². The molecule has 1 aliphatic carbocycles. The van der Waals surface area contributed by atoms with Gasteiger partial charge in [0.25, 0.3) is 0 Å². The number of benzene rings is 1. The first-order chi connectivity index (χ1) is 13.7. The summed E-state index contributed by atoms with van der Waals surface area (Å²) in [5.41, 5.74) is 3.46. The van der Waals surface area contributed by atoms with Crippen LogP contribution in [0.5, 0.6) is 5.75 Å². The maximum Gasteiger partial charge on any atom is 0.178 e. The number of hydrogen-bond donors (Lipinski definition) is 1. The first-order valence-corrected chi connectivity index (χ1v) is 14.7. The van der Waals surface area contributed by atoms with Gasteiger partial charge in [0.2, 0.25) is 0 Å². The molecule has 1 aromatic heterocycles. The number of carbonyl (C=O) groups excluding carboxylic acids is 1. The molecule has 29 heavy (non-hydrogen) atoms. The van der Waals surface area contributed by atoms with E-state index >= 15 is 0 Å². The average molecular weight is 645 g/mol. The number of phenolic OH excluding ortho intramolecular Hbond substituents is 1. The highest BCUT2D eigenvalue weighted by atomic mass is 127. The molecule has 2 heterocycles. The largest absolute Gasteiger partial charge is 0.507 e. The molecule has 0 radical (unpaired) electrons. The topological polar surface area (TPSA) is 49.7 Å². The third-order valence-corrected chi connectivity index (χ3v) is 15.3. The van der Waals surface area contributed by atoms with Crippen LogP contribution in [0.15, 0.2) is 46.6 Å². The van der Waals surface area contributed by atoms with Crippen molar-refractivity contribution < 1.29 is 9.90 Å². The molecular formula is C22H21I2NO2SSi. The number of aliphatic imine (C=N–C) groups is 1. The minimum atomic E-state index is -2.44. The molecule has 0 fully saturated rings. The number of aromatic hydroxyl groups is 1. The number of ketones is 1. The Morgan fingerprint density at radius 1 is 1.10 bits per heavy atom. The van der Waals surface area contributed by atoms with E-state index in [9.17, 15) is 9.90 Å². The number of thiophene rings is 1. The Hall–Kier alpha value is -0.783. The molecule has 0 bridgehead atoms. The van der Waals surface area contributed by atoms with E-state index in [0.717, 1.165) is 30.6 Å². The van der Waals surface area contributed by atoms with E-state index in [-0.39, 0.29) is 5.78 Å². The van der Waals surface area contributed by atoms with Crippen LogP contribution in [0.4, 0.5) is 5.69 Å². The van der Waals surface area contributed by atoms with Gasteiger partial charge in [-0.2, -0.15) is 0 Å². The van der Waals surface area contributed by atoms with Crippen LogP contribution in [-0.4, -0.2) is 24.7 Å². The fourth-order valence-electron chi connectivity index (χ4n) is 4.91. The van der Waals surface area contributed by atoms with Crippen LogP contribution >= 0.6 is 56.5 Å². The predicted molar refractivity (Wildman–Crippen MR) is 142 cm³/mol. The van der Waals surface area contributed by atoms with Crippen LogP contribution in [0.1, 0.15) is 27.7 Å². The summed E-state index contributed by atoms with van der Waals surface area (Å²) in [5.74, 6) is 0.331. The summed E-state index contributed by atoms with van der Waals surface area (Å²) in [6, 6.07) is 5.87. The van der Waals surface area contributed by atoms with Gasteiger partial charge in [-0.05, 0) is 103 Å². The maximum absolute atomic E-state index is 12.4. The van der Waals surface area contributed by atoms with Gasteiger partial charge < -0.3 is 5.11 Å². The van der Waals surface area contributed by atoms with Crippen molar-refractivity contribution in [3.63, 3.8) is 0 Å². The van der Waals surface area contributed by atoms with Crippen LogP contribution in [-0.2, 0) is 4.79 Å². The lowest BCUT2D eigenvalue weighted by atomic mass is 10.1. The molecule has 150 valence electrons. The number of hydrogen-bond acceptors (Lipinski definition) is 4. The highest BCUT2D eigenvalue weighted by molar-refractivity contribution is 14.1. The lowest BCUT2D eigenvalue weighted by Gasteiger charge is -2.46. The molecule has 1 aromatic carbocycles. The van der Waals surface area contributed by atoms with Crippen molar-refractivity contribution in [1.29, 1.82) is 0 Å². The number of carbonyl (C=O) groups is 1.